The summed E-state index contributed by atoms with van der Waals surface area (Å²) in [5.41, 5.74) is 0.626. The van der Waals surface area contributed by atoms with E-state index in [-0.39, 0.29) is 15.6 Å². The van der Waals surface area contributed by atoms with E-state index in [2.05, 4.69) is 22.1 Å². The standard InChI is InChI=1S/C21H23ClN6O4S/c1-12-14-8-21(12,9-14)11-32-18-6-7-28(25-18)17-5-4-15(19(22)24-17)20(29)26-33(30,31)16-10-23-27(3)13(16)2/h4-7,10,12,14H,8-9,11H2,1-3H3,(H,26,29)/t12-,14?,21?/m1/s1. The largest absolute Gasteiger partial charge is 0.476 e. The summed E-state index contributed by atoms with van der Waals surface area (Å²) in [7, 11) is -2.50. The predicted octanol–water partition coefficient (Wildman–Crippen LogP) is 2.51. The van der Waals surface area contributed by atoms with Crippen molar-refractivity contribution in [1.82, 2.24) is 29.3 Å². The van der Waals surface area contributed by atoms with Crippen LogP contribution in [0.25, 0.3) is 5.82 Å². The van der Waals surface area contributed by atoms with Crippen molar-refractivity contribution in [2.75, 3.05) is 6.61 Å². The normalized spacial score (nSPS) is 23.5. The van der Waals surface area contributed by atoms with E-state index in [1.807, 2.05) is 4.72 Å². The molecule has 3 aromatic rings. The van der Waals surface area contributed by atoms with E-state index < -0.39 is 15.9 Å². The fourth-order valence-corrected chi connectivity index (χ4v) is 5.97. The van der Waals surface area contributed by atoms with Crippen molar-refractivity contribution in [1.29, 1.82) is 0 Å². The van der Waals surface area contributed by atoms with Crippen LogP contribution in [0.4, 0.5) is 0 Å². The molecule has 10 nitrogen and oxygen atoms in total. The van der Waals surface area contributed by atoms with Gasteiger partial charge in [-0.15, -0.1) is 5.10 Å². The van der Waals surface area contributed by atoms with Crippen LogP contribution >= 0.6 is 11.6 Å². The Balaban J connectivity index is 1.28. The summed E-state index contributed by atoms with van der Waals surface area (Å²) in [6.07, 6.45) is 5.33. The number of ether oxygens (including phenoxy) is 1. The van der Waals surface area contributed by atoms with Crippen molar-refractivity contribution in [3.05, 3.63) is 47.0 Å². The first kappa shape index (κ1) is 21.9. The zero-order chi connectivity index (χ0) is 23.5. The second-order valence-corrected chi connectivity index (χ2v) is 10.9. The number of hydrogen-bond acceptors (Lipinski definition) is 7. The molecule has 0 aliphatic heterocycles. The molecule has 3 aliphatic carbocycles. The lowest BCUT2D eigenvalue weighted by atomic mass is 9.38. The highest BCUT2D eigenvalue weighted by Crippen LogP contribution is 2.68. The molecule has 0 unspecified atom stereocenters. The molecular formula is C21H23ClN6O4S. The van der Waals surface area contributed by atoms with Crippen LogP contribution in [-0.4, -0.2) is 45.5 Å². The van der Waals surface area contributed by atoms with Crippen molar-refractivity contribution in [3.8, 4) is 11.7 Å². The molecule has 6 rings (SSSR count). The molecule has 3 aliphatic rings. The Morgan fingerprint density at radius 2 is 2.09 bits per heavy atom. The molecule has 174 valence electrons. The highest BCUT2D eigenvalue weighted by atomic mass is 35.5. The molecule has 0 aromatic carbocycles. The molecule has 3 heterocycles. The third-order valence-corrected chi connectivity index (χ3v) is 8.82. The highest BCUT2D eigenvalue weighted by molar-refractivity contribution is 7.90. The molecule has 1 atom stereocenters. The maximum atomic E-state index is 12.6. The fourth-order valence-electron chi connectivity index (χ4n) is 4.56. The van der Waals surface area contributed by atoms with Crippen LogP contribution in [0, 0.1) is 24.2 Å². The zero-order valence-electron chi connectivity index (χ0n) is 18.3. The zero-order valence-corrected chi connectivity index (χ0v) is 19.9. The van der Waals surface area contributed by atoms with Crippen molar-refractivity contribution in [2.24, 2.45) is 24.3 Å². The third-order valence-electron chi connectivity index (χ3n) is 7.10. The number of hydrogen-bond donors (Lipinski definition) is 1. The summed E-state index contributed by atoms with van der Waals surface area (Å²) in [5.74, 6) is 1.54. The minimum Gasteiger partial charge on any atom is -0.476 e. The SMILES string of the molecule is Cc1c(S(=O)(=O)NC(=O)c2ccc(-n3ccc(OCC45CC(C4)[C@H]5C)n3)nc2Cl)cnn1C. The lowest BCUT2D eigenvalue weighted by Crippen LogP contribution is -2.62. The van der Waals surface area contributed by atoms with Crippen LogP contribution in [0.15, 0.2) is 35.5 Å². The number of rotatable bonds is 7. The van der Waals surface area contributed by atoms with Crippen LogP contribution in [-0.2, 0) is 17.1 Å². The topological polar surface area (TPSA) is 121 Å². The molecule has 2 bridgehead atoms. The first-order chi connectivity index (χ1) is 15.6. The number of nitrogens with zero attached hydrogens (tertiary/aromatic N) is 5. The number of nitrogens with one attached hydrogen (secondary N) is 1. The lowest BCUT2D eigenvalue weighted by molar-refractivity contribution is -0.199. The van der Waals surface area contributed by atoms with Gasteiger partial charge in [-0.2, -0.15) is 5.10 Å². The van der Waals surface area contributed by atoms with E-state index in [1.54, 1.807) is 26.2 Å². The van der Waals surface area contributed by atoms with Gasteiger partial charge < -0.3 is 4.74 Å². The average Bonchev–Trinajstić information content (AvgIpc) is 3.34. The summed E-state index contributed by atoms with van der Waals surface area (Å²) >= 11 is 6.20. The first-order valence-electron chi connectivity index (χ1n) is 10.5. The lowest BCUT2D eigenvalue weighted by Gasteiger charge is -2.67. The Hall–Kier alpha value is -2.92. The molecular weight excluding hydrogens is 468 g/mol. The van der Waals surface area contributed by atoms with E-state index in [4.69, 9.17) is 16.3 Å². The second-order valence-electron chi connectivity index (χ2n) is 8.87. The Morgan fingerprint density at radius 1 is 1.33 bits per heavy atom. The number of carbonyl (C=O) groups is 1. The van der Waals surface area contributed by atoms with E-state index in [0.717, 1.165) is 5.92 Å². The molecule has 0 saturated heterocycles. The first-order valence-corrected chi connectivity index (χ1v) is 12.4. The van der Waals surface area contributed by atoms with Crippen LogP contribution in [0.2, 0.25) is 5.15 Å². The van der Waals surface area contributed by atoms with Gasteiger partial charge in [0.1, 0.15) is 10.0 Å². The number of pyridine rings is 1. The minimum atomic E-state index is -4.11. The van der Waals surface area contributed by atoms with Gasteiger partial charge in [0.05, 0.1) is 24.1 Å². The van der Waals surface area contributed by atoms with Crippen molar-refractivity contribution < 1.29 is 17.9 Å². The molecule has 3 saturated carbocycles. The molecule has 33 heavy (non-hydrogen) atoms. The summed E-state index contributed by atoms with van der Waals surface area (Å²) in [6.45, 7) is 4.51. The summed E-state index contributed by atoms with van der Waals surface area (Å²) in [6, 6.07) is 4.68. The highest BCUT2D eigenvalue weighted by Gasteiger charge is 2.63. The minimum absolute atomic E-state index is 0.0771. The third kappa shape index (κ3) is 3.59. The number of aryl methyl sites for hydroxylation is 1. The molecule has 3 aromatic heterocycles. The Bertz CT molecular complexity index is 1360. The van der Waals surface area contributed by atoms with Crippen LogP contribution in [0.1, 0.15) is 35.8 Å². The van der Waals surface area contributed by atoms with Gasteiger partial charge in [0, 0.05) is 24.7 Å². The quantitative estimate of drug-likeness (QED) is 0.505. The van der Waals surface area contributed by atoms with Gasteiger partial charge >= 0.3 is 0 Å². The molecule has 0 radical (unpaired) electrons. The fraction of sp³-hybridized carbons (Fsp3) is 0.429. The molecule has 0 spiro atoms. The number of sulfonamides is 1. The van der Waals surface area contributed by atoms with Gasteiger partial charge in [0.2, 0.25) is 5.88 Å². The Labute approximate surface area is 196 Å². The molecule has 3 fully saturated rings. The Kier molecular flexibility index (Phi) is 5.02. The smallest absolute Gasteiger partial charge is 0.268 e. The number of amides is 1. The molecule has 1 N–H and O–H groups in total. The molecule has 12 heteroatoms. The van der Waals surface area contributed by atoms with Crippen molar-refractivity contribution >= 4 is 27.5 Å². The van der Waals surface area contributed by atoms with Gasteiger partial charge in [-0.1, -0.05) is 18.5 Å². The van der Waals surface area contributed by atoms with Gasteiger partial charge in [-0.3, -0.25) is 9.48 Å². The maximum absolute atomic E-state index is 12.6. The van der Waals surface area contributed by atoms with Crippen LogP contribution < -0.4 is 9.46 Å². The van der Waals surface area contributed by atoms with E-state index >= 15 is 0 Å². The summed E-state index contributed by atoms with van der Waals surface area (Å²) in [4.78, 5) is 16.7. The maximum Gasteiger partial charge on any atom is 0.268 e. The number of aromatic nitrogens is 5. The van der Waals surface area contributed by atoms with E-state index in [1.165, 1.54) is 40.5 Å². The van der Waals surface area contributed by atoms with Gasteiger partial charge in [-0.05, 0) is 43.7 Å². The monoisotopic (exact) mass is 490 g/mol. The van der Waals surface area contributed by atoms with Gasteiger partial charge in [-0.25, -0.2) is 22.8 Å². The van der Waals surface area contributed by atoms with E-state index in [0.29, 0.717) is 35.3 Å². The second kappa shape index (κ2) is 7.56. The van der Waals surface area contributed by atoms with Crippen LogP contribution in [0.5, 0.6) is 5.88 Å². The van der Waals surface area contributed by atoms with Gasteiger partial charge in [0.15, 0.2) is 5.82 Å². The average molecular weight is 491 g/mol. The van der Waals surface area contributed by atoms with Crippen molar-refractivity contribution in [2.45, 2.75) is 31.6 Å². The Morgan fingerprint density at radius 3 is 2.67 bits per heavy atom. The number of halogens is 1. The summed E-state index contributed by atoms with van der Waals surface area (Å²) in [5, 5.41) is 8.12. The van der Waals surface area contributed by atoms with E-state index in [9.17, 15) is 13.2 Å². The predicted molar refractivity (Wildman–Crippen MR) is 119 cm³/mol. The van der Waals surface area contributed by atoms with Gasteiger partial charge in [0.25, 0.3) is 15.9 Å². The summed E-state index contributed by atoms with van der Waals surface area (Å²) < 4.78 is 35.9. The van der Waals surface area contributed by atoms with Crippen LogP contribution in [0.3, 0.4) is 0 Å². The van der Waals surface area contributed by atoms with Crippen molar-refractivity contribution in [3.63, 3.8) is 0 Å². The number of carbonyl (C=O) groups excluding carboxylic acids is 1. The molecule has 1 amide bonds.